The van der Waals surface area contributed by atoms with Crippen LogP contribution in [0.5, 0.6) is 0 Å². The van der Waals surface area contributed by atoms with Crippen LogP contribution in [0.15, 0.2) is 38.6 Å². The molecule has 1 nitrogen and oxygen atoms in total. The quantitative estimate of drug-likeness (QED) is 0.762. The van der Waals surface area contributed by atoms with Crippen LogP contribution in [-0.2, 0) is 6.42 Å². The molecule has 1 heterocycles. The number of hydrogen-bond donors (Lipinski definition) is 1. The van der Waals surface area contributed by atoms with Crippen molar-refractivity contribution in [3.05, 3.63) is 54.1 Å². The summed E-state index contributed by atoms with van der Waals surface area (Å²) in [6.07, 6.45) is 0.803. The van der Waals surface area contributed by atoms with E-state index in [9.17, 15) is 0 Å². The Kier molecular flexibility index (Phi) is 4.66. The highest BCUT2D eigenvalue weighted by molar-refractivity contribution is 9.10. The van der Waals surface area contributed by atoms with Gasteiger partial charge >= 0.3 is 0 Å². The van der Waals surface area contributed by atoms with Crippen LogP contribution < -0.4 is 5.73 Å². The van der Waals surface area contributed by atoms with E-state index < -0.39 is 0 Å². The molecule has 0 bridgehead atoms. The van der Waals surface area contributed by atoms with Crippen molar-refractivity contribution in [2.75, 3.05) is 0 Å². The van der Waals surface area contributed by atoms with Crippen molar-refractivity contribution in [1.82, 2.24) is 0 Å². The lowest BCUT2D eigenvalue weighted by molar-refractivity contribution is 0.725. The average Bonchev–Trinajstić information content (AvgIpc) is 2.68. The molecule has 2 rings (SSSR count). The summed E-state index contributed by atoms with van der Waals surface area (Å²) >= 11 is 14.7. The van der Waals surface area contributed by atoms with E-state index in [0.717, 1.165) is 20.9 Å². The highest BCUT2D eigenvalue weighted by atomic mass is 79.9. The summed E-state index contributed by atoms with van der Waals surface area (Å²) in [5.41, 5.74) is 7.26. The highest BCUT2D eigenvalue weighted by Gasteiger charge is 2.13. The van der Waals surface area contributed by atoms with E-state index in [1.165, 1.54) is 4.88 Å². The monoisotopic (exact) mass is 393 g/mol. The van der Waals surface area contributed by atoms with Crippen LogP contribution in [0.25, 0.3) is 0 Å². The second kappa shape index (κ2) is 5.85. The molecule has 0 aliphatic rings. The smallest absolute Gasteiger partial charge is 0.0410 e. The van der Waals surface area contributed by atoms with E-state index >= 15 is 0 Å². The number of thiophene rings is 1. The first-order chi connectivity index (χ1) is 8.08. The van der Waals surface area contributed by atoms with Crippen molar-refractivity contribution < 1.29 is 0 Å². The number of nitrogens with two attached hydrogens (primary N) is 1. The maximum absolute atomic E-state index is 6.22. The summed E-state index contributed by atoms with van der Waals surface area (Å²) < 4.78 is 2.12. The molecule has 1 aromatic heterocycles. The predicted octanol–water partition coefficient (Wildman–Crippen LogP) is 5.17. The molecule has 5 heteroatoms. The molecule has 0 amide bonds. The molecule has 0 fully saturated rings. The van der Waals surface area contributed by atoms with Crippen LogP contribution in [0.1, 0.15) is 16.5 Å². The molecular weight excluding hydrogens is 385 g/mol. The molecule has 1 unspecified atom stereocenters. The first kappa shape index (κ1) is 13.6. The Morgan fingerprint density at radius 3 is 2.65 bits per heavy atom. The van der Waals surface area contributed by atoms with Gasteiger partial charge in [0.1, 0.15) is 0 Å². The Morgan fingerprint density at radius 2 is 2.00 bits per heavy atom. The van der Waals surface area contributed by atoms with Crippen molar-refractivity contribution in [3.63, 3.8) is 0 Å². The number of rotatable bonds is 3. The van der Waals surface area contributed by atoms with Gasteiger partial charge in [-0.3, -0.25) is 0 Å². The van der Waals surface area contributed by atoms with E-state index in [-0.39, 0.29) is 6.04 Å². The third-order valence-corrected chi connectivity index (χ3v) is 5.36. The van der Waals surface area contributed by atoms with Crippen molar-refractivity contribution >= 4 is 54.8 Å². The first-order valence-electron chi connectivity index (χ1n) is 5.00. The van der Waals surface area contributed by atoms with Crippen LogP contribution in [-0.4, -0.2) is 0 Å². The van der Waals surface area contributed by atoms with Crippen LogP contribution in [0.3, 0.4) is 0 Å². The minimum Gasteiger partial charge on any atom is -0.324 e. The highest BCUT2D eigenvalue weighted by Crippen LogP contribution is 2.31. The van der Waals surface area contributed by atoms with Gasteiger partial charge in [-0.15, -0.1) is 11.3 Å². The summed E-state index contributed by atoms with van der Waals surface area (Å²) in [4.78, 5) is 1.25. The average molecular weight is 396 g/mol. The molecule has 0 saturated carbocycles. The third-order valence-electron chi connectivity index (χ3n) is 2.45. The molecule has 0 aliphatic heterocycles. The molecule has 0 spiro atoms. The topological polar surface area (TPSA) is 26.0 Å². The Balaban J connectivity index is 2.23. The first-order valence-corrected chi connectivity index (χ1v) is 7.84. The van der Waals surface area contributed by atoms with Gasteiger partial charge < -0.3 is 5.73 Å². The Labute approximate surface area is 126 Å². The van der Waals surface area contributed by atoms with Crippen LogP contribution in [0.2, 0.25) is 5.02 Å². The fourth-order valence-corrected chi connectivity index (χ4v) is 3.87. The maximum atomic E-state index is 6.22. The minimum absolute atomic E-state index is 0.0574. The number of halogens is 3. The lowest BCUT2D eigenvalue weighted by atomic mass is 10.0. The molecule has 1 atom stereocenters. The molecule has 0 saturated heterocycles. The van der Waals surface area contributed by atoms with Gasteiger partial charge in [0.15, 0.2) is 0 Å². The lowest BCUT2D eigenvalue weighted by Crippen LogP contribution is -2.13. The SMILES string of the molecule is NC(Cc1sccc1Br)c1cc(Cl)ccc1Br. The van der Waals surface area contributed by atoms with Gasteiger partial charge in [0, 0.05) is 31.3 Å². The summed E-state index contributed by atoms with van der Waals surface area (Å²) in [5.74, 6) is 0. The van der Waals surface area contributed by atoms with Crippen LogP contribution >= 0.6 is 54.8 Å². The van der Waals surface area contributed by atoms with E-state index in [1.807, 2.05) is 24.3 Å². The Hall–Kier alpha value is 0.130. The van der Waals surface area contributed by atoms with Gasteiger partial charge in [-0.2, -0.15) is 0 Å². The minimum atomic E-state index is -0.0574. The standard InChI is InChI=1S/C12H10Br2ClNS/c13-9-2-1-7(15)5-8(9)11(16)6-12-10(14)3-4-17-12/h1-5,11H,6,16H2. The van der Waals surface area contributed by atoms with Gasteiger partial charge in [0.05, 0.1) is 0 Å². The van der Waals surface area contributed by atoms with Crippen molar-refractivity contribution in [3.8, 4) is 0 Å². The van der Waals surface area contributed by atoms with Gasteiger partial charge in [0.25, 0.3) is 0 Å². The molecule has 1 aromatic carbocycles. The molecular formula is C12H10Br2ClNS. The van der Waals surface area contributed by atoms with Gasteiger partial charge in [0.2, 0.25) is 0 Å². The zero-order chi connectivity index (χ0) is 12.4. The van der Waals surface area contributed by atoms with Crippen molar-refractivity contribution in [1.29, 1.82) is 0 Å². The molecule has 90 valence electrons. The number of benzene rings is 1. The van der Waals surface area contributed by atoms with E-state index in [0.29, 0.717) is 5.02 Å². The summed E-state index contributed by atoms with van der Waals surface area (Å²) in [6, 6.07) is 7.68. The van der Waals surface area contributed by atoms with Gasteiger partial charge in [-0.1, -0.05) is 27.5 Å². The molecule has 17 heavy (non-hydrogen) atoms. The zero-order valence-electron chi connectivity index (χ0n) is 8.79. The third kappa shape index (κ3) is 3.32. The van der Waals surface area contributed by atoms with E-state index in [1.54, 1.807) is 11.3 Å². The molecule has 0 aliphatic carbocycles. The van der Waals surface area contributed by atoms with Crippen molar-refractivity contribution in [2.45, 2.75) is 12.5 Å². The van der Waals surface area contributed by atoms with Gasteiger partial charge in [-0.05, 0) is 51.1 Å². The molecule has 0 radical (unpaired) electrons. The second-order valence-electron chi connectivity index (χ2n) is 3.67. The number of hydrogen-bond acceptors (Lipinski definition) is 2. The largest absolute Gasteiger partial charge is 0.324 e. The normalized spacial score (nSPS) is 12.7. The summed E-state index contributed by atoms with van der Waals surface area (Å²) in [7, 11) is 0. The fourth-order valence-electron chi connectivity index (χ4n) is 1.58. The van der Waals surface area contributed by atoms with E-state index in [4.69, 9.17) is 17.3 Å². The summed E-state index contributed by atoms with van der Waals surface area (Å²) in [5, 5.41) is 2.77. The fraction of sp³-hybridized carbons (Fsp3) is 0.167. The molecule has 2 N–H and O–H groups in total. The maximum Gasteiger partial charge on any atom is 0.0410 e. The molecule has 2 aromatic rings. The Bertz CT molecular complexity index is 527. The zero-order valence-corrected chi connectivity index (χ0v) is 13.5. The Morgan fingerprint density at radius 1 is 1.24 bits per heavy atom. The predicted molar refractivity (Wildman–Crippen MR) is 81.8 cm³/mol. The van der Waals surface area contributed by atoms with Crippen LogP contribution in [0, 0.1) is 0 Å². The van der Waals surface area contributed by atoms with E-state index in [2.05, 4.69) is 37.2 Å². The van der Waals surface area contributed by atoms with Crippen LogP contribution in [0.4, 0.5) is 0 Å². The van der Waals surface area contributed by atoms with Gasteiger partial charge in [-0.25, -0.2) is 0 Å². The second-order valence-corrected chi connectivity index (χ2v) is 6.81. The van der Waals surface area contributed by atoms with Crippen molar-refractivity contribution in [2.24, 2.45) is 5.73 Å². The lowest BCUT2D eigenvalue weighted by Gasteiger charge is -2.13. The summed E-state index contributed by atoms with van der Waals surface area (Å²) in [6.45, 7) is 0.